The lowest BCUT2D eigenvalue weighted by atomic mass is 10.2. The Kier molecular flexibility index (Phi) is 9.13. The van der Waals surface area contributed by atoms with Gasteiger partial charge >= 0.3 is 11.9 Å². The first-order chi connectivity index (χ1) is 14.9. The average Bonchev–Trinajstić information content (AvgIpc) is 2.79. The van der Waals surface area contributed by atoms with Crippen molar-refractivity contribution in [2.24, 2.45) is 0 Å². The number of aliphatic hydroxyl groups is 1. The zero-order valence-corrected chi connectivity index (χ0v) is 17.2. The lowest BCUT2D eigenvalue weighted by Gasteiger charge is -2.10. The van der Waals surface area contributed by atoms with Crippen molar-refractivity contribution in [3.05, 3.63) is 65.7 Å². The van der Waals surface area contributed by atoms with Crippen LogP contribution < -0.4 is 9.47 Å². The van der Waals surface area contributed by atoms with Gasteiger partial charge in [0.15, 0.2) is 11.5 Å². The van der Waals surface area contributed by atoms with Crippen LogP contribution >= 0.6 is 0 Å². The highest BCUT2D eigenvalue weighted by atomic mass is 16.6. The van der Waals surface area contributed by atoms with Crippen molar-refractivity contribution in [1.29, 1.82) is 0 Å². The van der Waals surface area contributed by atoms with Gasteiger partial charge in [-0.25, -0.2) is 9.59 Å². The molecule has 2 aromatic carbocycles. The van der Waals surface area contributed by atoms with Gasteiger partial charge < -0.3 is 29.2 Å². The molecule has 0 amide bonds. The molecule has 0 spiro atoms. The number of benzene rings is 2. The van der Waals surface area contributed by atoms with E-state index in [2.05, 4.69) is 0 Å². The molecule has 0 aromatic heterocycles. The zero-order chi connectivity index (χ0) is 22.6. The first-order valence-corrected chi connectivity index (χ1v) is 9.30. The molecule has 1 atom stereocenters. The molecule has 0 radical (unpaired) electrons. The van der Waals surface area contributed by atoms with Gasteiger partial charge in [0.1, 0.15) is 25.1 Å². The van der Waals surface area contributed by atoms with Gasteiger partial charge in [0.2, 0.25) is 0 Å². The van der Waals surface area contributed by atoms with Crippen LogP contribution in [-0.2, 0) is 19.1 Å². The van der Waals surface area contributed by atoms with Crippen molar-refractivity contribution >= 4 is 24.1 Å². The Labute approximate surface area is 179 Å². The maximum Gasteiger partial charge on any atom is 0.330 e. The van der Waals surface area contributed by atoms with Crippen molar-refractivity contribution in [3.63, 3.8) is 0 Å². The molecule has 0 saturated carbocycles. The van der Waals surface area contributed by atoms with Crippen LogP contribution in [0.3, 0.4) is 0 Å². The molecule has 164 valence electrons. The summed E-state index contributed by atoms with van der Waals surface area (Å²) >= 11 is 0. The summed E-state index contributed by atoms with van der Waals surface area (Å²) in [6.45, 7) is -0.657. The lowest BCUT2D eigenvalue weighted by molar-refractivity contribution is -0.146. The third-order valence-corrected chi connectivity index (χ3v) is 3.96. The van der Waals surface area contributed by atoms with Crippen LogP contribution in [0, 0.1) is 0 Å². The van der Waals surface area contributed by atoms with E-state index in [9.17, 15) is 19.8 Å². The van der Waals surface area contributed by atoms with E-state index in [4.69, 9.17) is 18.9 Å². The van der Waals surface area contributed by atoms with Crippen LogP contribution in [0.2, 0.25) is 0 Å². The smallest absolute Gasteiger partial charge is 0.330 e. The fourth-order valence-electron chi connectivity index (χ4n) is 2.37. The van der Waals surface area contributed by atoms with Crippen molar-refractivity contribution in [2.45, 2.75) is 6.10 Å². The number of aromatic hydroxyl groups is 1. The quantitative estimate of drug-likeness (QED) is 0.439. The minimum absolute atomic E-state index is 0.121. The Balaban J connectivity index is 1.73. The zero-order valence-electron chi connectivity index (χ0n) is 17.2. The van der Waals surface area contributed by atoms with Gasteiger partial charge in [-0.15, -0.1) is 0 Å². The molecule has 8 nitrogen and oxygen atoms in total. The molecule has 31 heavy (non-hydrogen) atoms. The predicted molar refractivity (Wildman–Crippen MR) is 114 cm³/mol. The Bertz CT molecular complexity index is 931. The molecular formula is C23H24O8. The van der Waals surface area contributed by atoms with Gasteiger partial charge in [-0.2, -0.15) is 0 Å². The van der Waals surface area contributed by atoms with Crippen LogP contribution in [0.15, 0.2) is 54.6 Å². The van der Waals surface area contributed by atoms with E-state index in [0.29, 0.717) is 22.6 Å². The van der Waals surface area contributed by atoms with Gasteiger partial charge in [0.25, 0.3) is 0 Å². The standard InChI is InChI=1S/C23H24O8/c1-28-20-10-5-17(13-21(20)29-2)7-12-23(27)31-15-19(25)14-30-22(26)11-6-16-3-8-18(24)9-4-16/h3-13,19,24-25H,14-15H2,1-2H3/b11-6?,12-7+. The topological polar surface area (TPSA) is 112 Å². The number of rotatable bonds is 10. The van der Waals surface area contributed by atoms with E-state index < -0.39 is 18.0 Å². The second kappa shape index (κ2) is 12.0. The first-order valence-electron chi connectivity index (χ1n) is 9.30. The summed E-state index contributed by atoms with van der Waals surface area (Å²) < 4.78 is 20.2. The van der Waals surface area contributed by atoms with Gasteiger partial charge in [0, 0.05) is 12.2 Å². The van der Waals surface area contributed by atoms with Crippen molar-refractivity contribution in [3.8, 4) is 17.2 Å². The monoisotopic (exact) mass is 428 g/mol. The largest absolute Gasteiger partial charge is 0.508 e. The molecule has 0 fully saturated rings. The summed E-state index contributed by atoms with van der Waals surface area (Å²) in [5, 5.41) is 19.0. The molecular weight excluding hydrogens is 404 g/mol. The molecule has 0 aliphatic heterocycles. The van der Waals surface area contributed by atoms with Gasteiger partial charge in [-0.1, -0.05) is 18.2 Å². The van der Waals surface area contributed by atoms with E-state index in [1.54, 1.807) is 30.3 Å². The number of aliphatic hydroxyl groups excluding tert-OH is 1. The van der Waals surface area contributed by atoms with E-state index >= 15 is 0 Å². The molecule has 2 rings (SSSR count). The van der Waals surface area contributed by atoms with Gasteiger partial charge in [-0.05, 0) is 47.5 Å². The highest BCUT2D eigenvalue weighted by molar-refractivity contribution is 5.87. The third-order valence-electron chi connectivity index (χ3n) is 3.96. The number of hydrogen-bond donors (Lipinski definition) is 2. The molecule has 1 unspecified atom stereocenters. The molecule has 0 heterocycles. The minimum Gasteiger partial charge on any atom is -0.508 e. The van der Waals surface area contributed by atoms with Crippen molar-refractivity contribution < 1.29 is 38.7 Å². The number of phenolic OH excluding ortho intramolecular Hbond substituents is 1. The fraction of sp³-hybridized carbons (Fsp3) is 0.217. The molecule has 0 saturated heterocycles. The summed E-state index contributed by atoms with van der Waals surface area (Å²) in [5.74, 6) is -0.109. The molecule has 2 N–H and O–H groups in total. The normalized spacial score (nSPS) is 12.0. The maximum absolute atomic E-state index is 11.8. The predicted octanol–water partition coefficient (Wildman–Crippen LogP) is 2.58. The Morgan fingerprint density at radius 1 is 0.839 bits per heavy atom. The number of ether oxygens (including phenoxy) is 4. The Hall–Kier alpha value is -3.78. The molecule has 8 heteroatoms. The van der Waals surface area contributed by atoms with Crippen LogP contribution in [0.4, 0.5) is 0 Å². The van der Waals surface area contributed by atoms with Crippen LogP contribution in [0.5, 0.6) is 17.2 Å². The van der Waals surface area contributed by atoms with Crippen molar-refractivity contribution in [2.75, 3.05) is 27.4 Å². The highest BCUT2D eigenvalue weighted by Gasteiger charge is 2.10. The van der Waals surface area contributed by atoms with E-state index in [1.165, 1.54) is 50.7 Å². The van der Waals surface area contributed by atoms with Crippen LogP contribution in [0.1, 0.15) is 11.1 Å². The number of phenols is 1. The Morgan fingerprint density at radius 2 is 1.35 bits per heavy atom. The van der Waals surface area contributed by atoms with Crippen molar-refractivity contribution in [1.82, 2.24) is 0 Å². The molecule has 2 aromatic rings. The average molecular weight is 428 g/mol. The Morgan fingerprint density at radius 3 is 1.90 bits per heavy atom. The SMILES string of the molecule is COc1ccc(/C=C/C(=O)OCC(O)COC(=O)C=Cc2ccc(O)cc2)cc1OC. The fourth-order valence-corrected chi connectivity index (χ4v) is 2.37. The van der Waals surface area contributed by atoms with Crippen LogP contribution in [0.25, 0.3) is 12.2 Å². The second-order valence-electron chi connectivity index (χ2n) is 6.29. The first kappa shape index (κ1) is 23.5. The van der Waals surface area contributed by atoms with E-state index in [1.807, 2.05) is 0 Å². The van der Waals surface area contributed by atoms with E-state index in [-0.39, 0.29) is 19.0 Å². The molecule has 0 bridgehead atoms. The summed E-state index contributed by atoms with van der Waals surface area (Å²) in [7, 11) is 3.04. The van der Waals surface area contributed by atoms with E-state index in [0.717, 1.165) is 0 Å². The summed E-state index contributed by atoms with van der Waals surface area (Å²) in [6, 6.07) is 11.4. The summed E-state index contributed by atoms with van der Waals surface area (Å²) in [4.78, 5) is 23.5. The number of hydrogen-bond acceptors (Lipinski definition) is 8. The number of methoxy groups -OCH3 is 2. The number of esters is 2. The van der Waals surface area contributed by atoms with Gasteiger partial charge in [-0.3, -0.25) is 0 Å². The lowest BCUT2D eigenvalue weighted by Crippen LogP contribution is -2.24. The number of carbonyl (C=O) groups excluding carboxylic acids is 2. The minimum atomic E-state index is -1.16. The maximum atomic E-state index is 11.8. The number of carbonyl (C=O) groups is 2. The molecule has 0 aliphatic rings. The second-order valence-corrected chi connectivity index (χ2v) is 6.29. The third kappa shape index (κ3) is 8.23. The summed E-state index contributed by atoms with van der Waals surface area (Å²) in [5.41, 5.74) is 1.40. The highest BCUT2D eigenvalue weighted by Crippen LogP contribution is 2.27. The van der Waals surface area contributed by atoms with Gasteiger partial charge in [0.05, 0.1) is 14.2 Å². The van der Waals surface area contributed by atoms with Crippen LogP contribution in [-0.4, -0.2) is 55.7 Å². The summed E-state index contributed by atoms with van der Waals surface area (Å²) in [6.07, 6.45) is 4.28. The molecule has 0 aliphatic carbocycles.